The molecule has 2 aliphatic carbocycles. The Labute approximate surface area is 277 Å². The highest BCUT2D eigenvalue weighted by Gasteiger charge is 2.52. The zero-order valence-electron chi connectivity index (χ0n) is 25.9. The number of furan rings is 1. The number of pyridine rings is 1. The second-order valence-corrected chi connectivity index (χ2v) is 13.0. The quantitative estimate of drug-likeness (QED) is 0.195. The van der Waals surface area contributed by atoms with Crippen LogP contribution in [0.4, 0.5) is 0 Å². The van der Waals surface area contributed by atoms with Crippen LogP contribution in [-0.4, -0.2) is 4.98 Å². The third-order valence-corrected chi connectivity index (χ3v) is 10.7. The van der Waals surface area contributed by atoms with Gasteiger partial charge in [0.25, 0.3) is 0 Å². The lowest BCUT2D eigenvalue weighted by atomic mass is 9.70. The number of nitrogens with zero attached hydrogens (tertiary/aromatic N) is 1. The Morgan fingerprint density at radius 1 is 0.438 bits per heavy atom. The molecule has 2 aliphatic rings. The summed E-state index contributed by atoms with van der Waals surface area (Å²) in [5.41, 5.74) is 17.2. The van der Waals surface area contributed by atoms with Crippen molar-refractivity contribution in [2.24, 2.45) is 0 Å². The maximum absolute atomic E-state index is 6.72. The summed E-state index contributed by atoms with van der Waals surface area (Å²) >= 11 is 0. The van der Waals surface area contributed by atoms with Crippen molar-refractivity contribution < 1.29 is 4.42 Å². The second kappa shape index (κ2) is 9.40. The Kier molecular flexibility index (Phi) is 5.07. The molecule has 0 aliphatic heterocycles. The minimum Gasteiger partial charge on any atom is -0.455 e. The lowest BCUT2D eigenvalue weighted by Crippen LogP contribution is -2.25. The van der Waals surface area contributed by atoms with E-state index in [2.05, 4.69) is 158 Å². The standard InChI is InChI=1S/C46H27NO/c1-7-15-41-29(9-1)22-26-42(47-41)30-19-17-28(18-20-30)31-21-23-36-40(27-31)46(37-13-5-2-10-32(37)33-11-3-6-14-38(33)46)39-25-24-35-34-12-4-8-16-43(34)48-45(35)44(36)39/h1-27H. The van der Waals surface area contributed by atoms with Gasteiger partial charge in [-0.1, -0.05) is 140 Å². The summed E-state index contributed by atoms with van der Waals surface area (Å²) in [6.07, 6.45) is 0. The third kappa shape index (κ3) is 3.29. The second-order valence-electron chi connectivity index (χ2n) is 13.0. The lowest BCUT2D eigenvalue weighted by Gasteiger charge is -2.30. The summed E-state index contributed by atoms with van der Waals surface area (Å²) in [5.74, 6) is 0. The van der Waals surface area contributed by atoms with Gasteiger partial charge >= 0.3 is 0 Å². The Morgan fingerprint density at radius 3 is 1.96 bits per heavy atom. The summed E-state index contributed by atoms with van der Waals surface area (Å²) in [6, 6.07) is 59.4. The highest BCUT2D eigenvalue weighted by atomic mass is 16.3. The van der Waals surface area contributed by atoms with Crippen LogP contribution in [0.3, 0.4) is 0 Å². The van der Waals surface area contributed by atoms with Crippen LogP contribution in [0, 0.1) is 0 Å². The van der Waals surface area contributed by atoms with E-state index in [4.69, 9.17) is 9.40 Å². The first-order chi connectivity index (χ1) is 23.8. The van der Waals surface area contributed by atoms with Crippen molar-refractivity contribution in [3.8, 4) is 44.6 Å². The van der Waals surface area contributed by atoms with Crippen LogP contribution in [0.2, 0.25) is 0 Å². The molecule has 11 rings (SSSR count). The van der Waals surface area contributed by atoms with Gasteiger partial charge in [-0.2, -0.15) is 0 Å². The fraction of sp³-hybridized carbons (Fsp3) is 0.0217. The van der Waals surface area contributed by atoms with E-state index in [1.807, 2.05) is 6.07 Å². The molecule has 2 heteroatoms. The predicted molar refractivity (Wildman–Crippen MR) is 196 cm³/mol. The van der Waals surface area contributed by atoms with Gasteiger partial charge in [0, 0.05) is 27.3 Å². The van der Waals surface area contributed by atoms with Crippen molar-refractivity contribution in [2.45, 2.75) is 5.41 Å². The molecule has 2 aromatic heterocycles. The summed E-state index contributed by atoms with van der Waals surface area (Å²) in [5, 5.41) is 3.47. The molecule has 0 saturated heterocycles. The number of hydrogen-bond donors (Lipinski definition) is 0. The van der Waals surface area contributed by atoms with Gasteiger partial charge in [0.05, 0.1) is 16.6 Å². The van der Waals surface area contributed by atoms with E-state index >= 15 is 0 Å². The number of aromatic nitrogens is 1. The zero-order chi connectivity index (χ0) is 31.4. The minimum absolute atomic E-state index is 0.448. The van der Waals surface area contributed by atoms with Gasteiger partial charge < -0.3 is 4.42 Å². The van der Waals surface area contributed by atoms with Gasteiger partial charge in [-0.25, -0.2) is 4.98 Å². The molecule has 2 nitrogen and oxygen atoms in total. The highest BCUT2D eigenvalue weighted by molar-refractivity contribution is 6.13. The number of hydrogen-bond acceptors (Lipinski definition) is 2. The van der Waals surface area contributed by atoms with Gasteiger partial charge in [0.1, 0.15) is 11.2 Å². The van der Waals surface area contributed by atoms with E-state index in [0.29, 0.717) is 0 Å². The van der Waals surface area contributed by atoms with Crippen LogP contribution in [0.25, 0.3) is 77.5 Å². The molecular formula is C46H27NO. The maximum atomic E-state index is 6.72. The SMILES string of the molecule is c1ccc2c(c1)-c1ccccc1C21c2cc(-c3ccc(-c4ccc5ccccc5n4)cc3)ccc2-c2c1ccc1c2oc2ccccc21. The number of fused-ring (bicyclic) bond motifs is 15. The molecule has 0 unspecified atom stereocenters. The molecule has 0 N–H and O–H groups in total. The smallest absolute Gasteiger partial charge is 0.143 e. The number of benzene rings is 7. The Balaban J connectivity index is 1.15. The molecule has 1 spiro atoms. The summed E-state index contributed by atoms with van der Waals surface area (Å²) in [7, 11) is 0. The topological polar surface area (TPSA) is 26.0 Å². The van der Waals surface area contributed by atoms with Crippen LogP contribution in [0.5, 0.6) is 0 Å². The van der Waals surface area contributed by atoms with E-state index in [0.717, 1.165) is 44.1 Å². The van der Waals surface area contributed by atoms with Gasteiger partial charge in [-0.05, 0) is 74.3 Å². The fourth-order valence-corrected chi connectivity index (χ4v) is 8.64. The average Bonchev–Trinajstić information content (AvgIpc) is 3.78. The van der Waals surface area contributed by atoms with Gasteiger partial charge in [-0.15, -0.1) is 0 Å². The molecule has 0 fully saturated rings. The van der Waals surface area contributed by atoms with Crippen LogP contribution in [0.1, 0.15) is 22.3 Å². The summed E-state index contributed by atoms with van der Waals surface area (Å²) in [6.45, 7) is 0. The summed E-state index contributed by atoms with van der Waals surface area (Å²) < 4.78 is 6.72. The van der Waals surface area contributed by atoms with Gasteiger partial charge in [0.15, 0.2) is 0 Å². The van der Waals surface area contributed by atoms with Gasteiger partial charge in [0.2, 0.25) is 0 Å². The molecule has 0 bridgehead atoms. The normalized spacial score (nSPS) is 13.6. The van der Waals surface area contributed by atoms with Crippen molar-refractivity contribution in [3.05, 3.63) is 186 Å². The first-order valence-electron chi connectivity index (χ1n) is 16.5. The van der Waals surface area contributed by atoms with Crippen molar-refractivity contribution in [2.75, 3.05) is 0 Å². The average molecular weight is 610 g/mol. The lowest BCUT2D eigenvalue weighted by molar-refractivity contribution is 0.669. The molecule has 0 amide bonds. The monoisotopic (exact) mass is 609 g/mol. The highest BCUT2D eigenvalue weighted by Crippen LogP contribution is 2.64. The van der Waals surface area contributed by atoms with E-state index in [1.165, 1.54) is 55.6 Å². The van der Waals surface area contributed by atoms with Crippen LogP contribution in [-0.2, 0) is 5.41 Å². The molecule has 0 atom stereocenters. The van der Waals surface area contributed by atoms with E-state index in [9.17, 15) is 0 Å². The van der Waals surface area contributed by atoms with Crippen molar-refractivity contribution >= 4 is 32.8 Å². The van der Waals surface area contributed by atoms with Crippen molar-refractivity contribution in [1.29, 1.82) is 0 Å². The van der Waals surface area contributed by atoms with Gasteiger partial charge in [-0.3, -0.25) is 0 Å². The molecular weight excluding hydrogens is 583 g/mol. The molecule has 48 heavy (non-hydrogen) atoms. The zero-order valence-corrected chi connectivity index (χ0v) is 25.9. The Morgan fingerprint density at radius 2 is 1.12 bits per heavy atom. The van der Waals surface area contributed by atoms with E-state index < -0.39 is 5.41 Å². The molecule has 222 valence electrons. The molecule has 9 aromatic rings. The van der Waals surface area contributed by atoms with E-state index in [-0.39, 0.29) is 0 Å². The molecule has 2 heterocycles. The predicted octanol–water partition coefficient (Wildman–Crippen LogP) is 11.8. The Bertz CT molecular complexity index is 2740. The van der Waals surface area contributed by atoms with Crippen LogP contribution >= 0.6 is 0 Å². The van der Waals surface area contributed by atoms with E-state index in [1.54, 1.807) is 0 Å². The maximum Gasteiger partial charge on any atom is 0.143 e. The van der Waals surface area contributed by atoms with Crippen molar-refractivity contribution in [1.82, 2.24) is 4.98 Å². The Hall–Kier alpha value is -6.25. The summed E-state index contributed by atoms with van der Waals surface area (Å²) in [4.78, 5) is 4.94. The van der Waals surface area contributed by atoms with Crippen LogP contribution in [0.15, 0.2) is 168 Å². The third-order valence-electron chi connectivity index (χ3n) is 10.7. The number of rotatable bonds is 2. The minimum atomic E-state index is -0.448. The first kappa shape index (κ1) is 25.9. The number of para-hydroxylation sites is 2. The molecule has 7 aromatic carbocycles. The molecule has 0 saturated carbocycles. The first-order valence-corrected chi connectivity index (χ1v) is 16.5. The largest absolute Gasteiger partial charge is 0.455 e. The fourth-order valence-electron chi connectivity index (χ4n) is 8.64. The van der Waals surface area contributed by atoms with Crippen LogP contribution < -0.4 is 0 Å². The molecule has 0 radical (unpaired) electrons. The van der Waals surface area contributed by atoms with Crippen molar-refractivity contribution in [3.63, 3.8) is 0 Å².